The summed E-state index contributed by atoms with van der Waals surface area (Å²) in [7, 11) is 3.80. The quantitative estimate of drug-likeness (QED) is 0.519. The molecule has 3 aromatic rings. The average molecular weight is 418 g/mol. The second kappa shape index (κ2) is 9.24. The Bertz CT molecular complexity index is 1000. The fourth-order valence-electron chi connectivity index (χ4n) is 3.89. The van der Waals surface area contributed by atoms with Gasteiger partial charge in [-0.25, -0.2) is 4.98 Å². The van der Waals surface area contributed by atoms with Gasteiger partial charge >= 0.3 is 0 Å². The van der Waals surface area contributed by atoms with Crippen molar-refractivity contribution in [1.82, 2.24) is 14.9 Å². The number of aliphatic hydroxyl groups excluding tert-OH is 1. The highest BCUT2D eigenvalue weighted by molar-refractivity contribution is 6.04. The van der Waals surface area contributed by atoms with Crippen molar-refractivity contribution in [2.45, 2.75) is 18.5 Å². The highest BCUT2D eigenvalue weighted by Gasteiger charge is 2.37. The molecule has 0 radical (unpaired) electrons. The van der Waals surface area contributed by atoms with E-state index in [4.69, 9.17) is 0 Å². The first-order valence-corrected chi connectivity index (χ1v) is 10.4. The summed E-state index contributed by atoms with van der Waals surface area (Å²) in [5.41, 5.74) is 3.46. The molecule has 0 amide bonds. The van der Waals surface area contributed by atoms with E-state index in [0.29, 0.717) is 30.4 Å². The van der Waals surface area contributed by atoms with Crippen LogP contribution in [0.1, 0.15) is 33.2 Å². The Hall–Kier alpha value is -3.29. The molecule has 1 unspecified atom stereocenters. The molecule has 31 heavy (non-hydrogen) atoms. The summed E-state index contributed by atoms with van der Waals surface area (Å²) in [4.78, 5) is 24.1. The molecule has 1 aliphatic rings. The summed E-state index contributed by atoms with van der Waals surface area (Å²) in [5, 5.41) is 15.8. The van der Waals surface area contributed by atoms with E-state index in [1.54, 1.807) is 0 Å². The van der Waals surface area contributed by atoms with Crippen LogP contribution in [0.5, 0.6) is 0 Å². The van der Waals surface area contributed by atoms with Crippen LogP contribution in [0, 0.1) is 0 Å². The van der Waals surface area contributed by atoms with E-state index in [2.05, 4.69) is 44.9 Å². The van der Waals surface area contributed by atoms with Crippen molar-refractivity contribution in [3.05, 3.63) is 83.0 Å². The number of aromatic nitrogens is 2. The lowest BCUT2D eigenvalue weighted by Crippen LogP contribution is -2.33. The molecular weight excluding hydrogens is 390 g/mol. The number of ketones is 1. The highest BCUT2D eigenvalue weighted by atomic mass is 16.3. The van der Waals surface area contributed by atoms with Gasteiger partial charge in [0.1, 0.15) is 11.5 Å². The molecule has 1 aliphatic carbocycles. The van der Waals surface area contributed by atoms with E-state index >= 15 is 0 Å². The zero-order valence-electron chi connectivity index (χ0n) is 17.7. The van der Waals surface area contributed by atoms with Crippen LogP contribution in [0.2, 0.25) is 0 Å². The Labute approximate surface area is 182 Å². The number of fused-ring (bicyclic) bond motifs is 1. The van der Waals surface area contributed by atoms with Crippen LogP contribution in [0.4, 0.5) is 11.8 Å². The van der Waals surface area contributed by atoms with Gasteiger partial charge in [-0.15, -0.1) is 0 Å². The molecule has 0 saturated heterocycles. The number of hydrogen-bond acceptors (Lipinski definition) is 7. The molecule has 0 fully saturated rings. The molecule has 1 heterocycles. The van der Waals surface area contributed by atoms with Crippen LogP contribution >= 0.6 is 0 Å². The van der Waals surface area contributed by atoms with Crippen molar-refractivity contribution >= 4 is 17.5 Å². The number of nitrogens with zero attached hydrogens (tertiary/aromatic N) is 3. The molecule has 4 rings (SSSR count). The fraction of sp³-hybridized carbons (Fsp3) is 0.292. The number of nitrogens with one attached hydrogen (secondary N) is 2. The number of hydrogen-bond donors (Lipinski definition) is 3. The third-order valence-corrected chi connectivity index (χ3v) is 5.51. The minimum absolute atomic E-state index is 0.00605. The van der Waals surface area contributed by atoms with Crippen LogP contribution in [-0.4, -0.2) is 59.0 Å². The van der Waals surface area contributed by atoms with Gasteiger partial charge in [-0.05, 0) is 25.2 Å². The summed E-state index contributed by atoms with van der Waals surface area (Å²) in [5.74, 6) is 0.970. The normalized spacial score (nSPS) is 15.4. The van der Waals surface area contributed by atoms with E-state index in [9.17, 15) is 9.90 Å². The van der Waals surface area contributed by atoms with Gasteiger partial charge in [0.2, 0.25) is 5.95 Å². The number of Topliss-reactive ketones (excluding diaryl/α,β-unsaturated/α-hetero) is 1. The van der Waals surface area contributed by atoms with Gasteiger partial charge in [0, 0.05) is 18.5 Å². The zero-order chi connectivity index (χ0) is 21.8. The number of aliphatic hydroxyl groups is 1. The second-order valence-electron chi connectivity index (χ2n) is 7.82. The first-order valence-electron chi connectivity index (χ1n) is 10.4. The van der Waals surface area contributed by atoms with Crippen molar-refractivity contribution in [1.29, 1.82) is 0 Å². The van der Waals surface area contributed by atoms with Crippen molar-refractivity contribution in [2.24, 2.45) is 0 Å². The van der Waals surface area contributed by atoms with Gasteiger partial charge in [-0.2, -0.15) is 4.98 Å². The van der Waals surface area contributed by atoms with Crippen LogP contribution in [0.3, 0.4) is 0 Å². The minimum Gasteiger partial charge on any atom is -0.395 e. The molecule has 0 aliphatic heterocycles. The number of likely N-dealkylation sites (N-methyl/N-ethyl adjacent to an activating group) is 1. The molecule has 0 bridgehead atoms. The first-order chi connectivity index (χ1) is 15.1. The average Bonchev–Trinajstić information content (AvgIpc) is 3.14. The van der Waals surface area contributed by atoms with Crippen LogP contribution in [0.25, 0.3) is 0 Å². The third kappa shape index (κ3) is 4.42. The number of rotatable bonds is 8. The van der Waals surface area contributed by atoms with Crippen LogP contribution < -0.4 is 10.6 Å². The topological polar surface area (TPSA) is 90.4 Å². The smallest absolute Gasteiger partial charge is 0.225 e. The molecule has 0 spiro atoms. The zero-order valence-corrected chi connectivity index (χ0v) is 17.7. The molecule has 0 saturated carbocycles. The summed E-state index contributed by atoms with van der Waals surface area (Å²) in [6.45, 7) is 0.262. The Morgan fingerprint density at radius 1 is 1.03 bits per heavy atom. The second-order valence-corrected chi connectivity index (χ2v) is 7.82. The lowest BCUT2D eigenvalue weighted by atomic mass is 9.98. The Morgan fingerprint density at radius 2 is 1.65 bits per heavy atom. The van der Waals surface area contributed by atoms with Gasteiger partial charge in [0.25, 0.3) is 0 Å². The summed E-state index contributed by atoms with van der Waals surface area (Å²) >= 11 is 0. The van der Waals surface area contributed by atoms with Crippen molar-refractivity contribution in [2.75, 3.05) is 37.9 Å². The van der Waals surface area contributed by atoms with E-state index < -0.39 is 0 Å². The van der Waals surface area contributed by atoms with Crippen LogP contribution in [-0.2, 0) is 6.42 Å². The molecule has 160 valence electrons. The largest absolute Gasteiger partial charge is 0.395 e. The van der Waals surface area contributed by atoms with E-state index in [1.165, 1.54) is 0 Å². The molecule has 3 N–H and O–H groups in total. The van der Waals surface area contributed by atoms with Crippen molar-refractivity contribution in [3.63, 3.8) is 0 Å². The minimum atomic E-state index is -0.259. The maximum atomic E-state index is 13.0. The Morgan fingerprint density at radius 3 is 2.19 bits per heavy atom. The number of anilines is 2. The first kappa shape index (κ1) is 21.0. The molecule has 7 nitrogen and oxygen atoms in total. The molecule has 1 atom stereocenters. The van der Waals surface area contributed by atoms with Gasteiger partial charge in [0.05, 0.1) is 18.7 Å². The van der Waals surface area contributed by atoms with Gasteiger partial charge in [-0.1, -0.05) is 60.7 Å². The summed E-state index contributed by atoms with van der Waals surface area (Å²) in [6, 6.07) is 19.9. The van der Waals surface area contributed by atoms with E-state index in [0.717, 1.165) is 16.7 Å². The van der Waals surface area contributed by atoms with E-state index in [1.807, 2.05) is 55.4 Å². The highest BCUT2D eigenvalue weighted by Crippen LogP contribution is 2.33. The van der Waals surface area contributed by atoms with Crippen molar-refractivity contribution < 1.29 is 9.90 Å². The molecular formula is C24H27N5O2. The number of benzene rings is 2. The number of carbonyl (C=O) groups is 1. The monoisotopic (exact) mass is 417 g/mol. The molecule has 2 aromatic carbocycles. The summed E-state index contributed by atoms with van der Waals surface area (Å²) < 4.78 is 0. The third-order valence-electron chi connectivity index (χ3n) is 5.51. The van der Waals surface area contributed by atoms with Gasteiger partial charge in [-0.3, -0.25) is 9.69 Å². The maximum Gasteiger partial charge on any atom is 0.225 e. The Balaban J connectivity index is 1.78. The molecule has 7 heteroatoms. The van der Waals surface area contributed by atoms with Gasteiger partial charge < -0.3 is 15.7 Å². The van der Waals surface area contributed by atoms with E-state index in [-0.39, 0.29) is 24.5 Å². The molecule has 1 aromatic heterocycles. The number of carbonyl (C=O) groups excluding carboxylic acids is 1. The standard InChI is InChI=1S/C24H27N5O2/c1-29(2)19-15-18-21(22(19)31)27-24(25-13-14-30)28-23(18)26-20(16-9-5-3-6-10-16)17-11-7-4-8-12-17/h3-12,19-20,30H,13-15H2,1-2H3,(H2,25,26,27,28). The predicted octanol–water partition coefficient (Wildman–Crippen LogP) is 2.75. The lowest BCUT2D eigenvalue weighted by Gasteiger charge is -2.22. The van der Waals surface area contributed by atoms with Crippen LogP contribution in [0.15, 0.2) is 60.7 Å². The van der Waals surface area contributed by atoms with Gasteiger partial charge in [0.15, 0.2) is 5.78 Å². The SMILES string of the molecule is CN(C)C1Cc2c(NC(c3ccccc3)c3ccccc3)nc(NCCO)nc2C1=O. The summed E-state index contributed by atoms with van der Waals surface area (Å²) in [6.07, 6.45) is 0.556. The lowest BCUT2D eigenvalue weighted by molar-refractivity contribution is 0.0892. The maximum absolute atomic E-state index is 13.0. The Kier molecular flexibility index (Phi) is 6.25. The van der Waals surface area contributed by atoms with Crippen molar-refractivity contribution in [3.8, 4) is 0 Å². The predicted molar refractivity (Wildman–Crippen MR) is 121 cm³/mol. The fourth-order valence-corrected chi connectivity index (χ4v) is 3.89.